The number of hydrogen-bond acceptors (Lipinski definition) is 3. The molecule has 0 aliphatic rings. The van der Waals surface area contributed by atoms with Gasteiger partial charge in [0.15, 0.2) is 0 Å². The molecule has 0 saturated heterocycles. The number of nitrogens with two attached hydrogens (primary N) is 1. The van der Waals surface area contributed by atoms with Crippen LogP contribution in [0.1, 0.15) is 23.2 Å². The fourth-order valence-corrected chi connectivity index (χ4v) is 0.595. The molecule has 54 valence electrons. The molecule has 1 amide bonds. The van der Waals surface area contributed by atoms with Gasteiger partial charge < -0.3 is 10.3 Å². The van der Waals surface area contributed by atoms with Crippen LogP contribution >= 0.6 is 0 Å². The van der Waals surface area contributed by atoms with Crippen LogP contribution in [0.25, 0.3) is 0 Å². The molecule has 0 aliphatic heterocycles. The maximum atomic E-state index is 10.4. The van der Waals surface area contributed by atoms with Gasteiger partial charge in [-0.3, -0.25) is 4.79 Å². The van der Waals surface area contributed by atoms with Gasteiger partial charge in [-0.05, 0) is 6.42 Å². The Labute approximate surface area is 58.0 Å². The van der Waals surface area contributed by atoms with Crippen molar-refractivity contribution in [1.82, 2.24) is 5.16 Å². The van der Waals surface area contributed by atoms with Crippen LogP contribution < -0.4 is 5.73 Å². The average molecular weight is 140 g/mol. The topological polar surface area (TPSA) is 69.1 Å². The number of carbonyl (C=O) groups is 1. The third-order valence-electron chi connectivity index (χ3n) is 1.16. The van der Waals surface area contributed by atoms with Crippen molar-refractivity contribution in [2.75, 3.05) is 0 Å². The lowest BCUT2D eigenvalue weighted by Gasteiger charge is -1.78. The van der Waals surface area contributed by atoms with Gasteiger partial charge in [0.2, 0.25) is 5.76 Å². The first-order valence-electron chi connectivity index (χ1n) is 2.99. The number of hydrogen-bond donors (Lipinski definition) is 1. The molecule has 0 radical (unpaired) electrons. The second kappa shape index (κ2) is 2.51. The fraction of sp³-hybridized carbons (Fsp3) is 0.333. The Bertz CT molecular complexity index is 242. The summed E-state index contributed by atoms with van der Waals surface area (Å²) in [6, 6.07) is 1.54. The fourth-order valence-electron chi connectivity index (χ4n) is 0.595. The second-order valence-electron chi connectivity index (χ2n) is 1.90. The first kappa shape index (κ1) is 6.80. The van der Waals surface area contributed by atoms with Gasteiger partial charge in [0.1, 0.15) is 0 Å². The van der Waals surface area contributed by atoms with E-state index in [1.165, 1.54) is 0 Å². The summed E-state index contributed by atoms with van der Waals surface area (Å²) in [6.45, 7) is 1.92. The molecule has 0 unspecified atom stereocenters. The Morgan fingerprint density at radius 1 is 1.90 bits per heavy atom. The minimum atomic E-state index is -0.577. The molecule has 2 N–H and O–H groups in total. The molecule has 0 fully saturated rings. The quantitative estimate of drug-likeness (QED) is 0.643. The molecule has 0 atom stereocenters. The van der Waals surface area contributed by atoms with Crippen LogP contribution in [-0.4, -0.2) is 11.1 Å². The van der Waals surface area contributed by atoms with Gasteiger partial charge in [0.25, 0.3) is 5.91 Å². The molecule has 1 heterocycles. The molecule has 0 bridgehead atoms. The van der Waals surface area contributed by atoms with Gasteiger partial charge in [-0.2, -0.15) is 0 Å². The SMILES string of the molecule is CCc1cc(C(N)=O)on1. The van der Waals surface area contributed by atoms with Gasteiger partial charge in [-0.25, -0.2) is 0 Å². The third-order valence-corrected chi connectivity index (χ3v) is 1.16. The minimum absolute atomic E-state index is 0.122. The number of rotatable bonds is 2. The van der Waals surface area contributed by atoms with Crippen molar-refractivity contribution in [3.8, 4) is 0 Å². The summed E-state index contributed by atoms with van der Waals surface area (Å²) in [4.78, 5) is 10.4. The highest BCUT2D eigenvalue weighted by molar-refractivity contribution is 5.89. The summed E-state index contributed by atoms with van der Waals surface area (Å²) in [7, 11) is 0. The maximum Gasteiger partial charge on any atom is 0.287 e. The number of amides is 1. The van der Waals surface area contributed by atoms with E-state index in [0.717, 1.165) is 12.1 Å². The van der Waals surface area contributed by atoms with Crippen molar-refractivity contribution in [2.24, 2.45) is 5.73 Å². The standard InChI is InChI=1S/C6H8N2O2/c1-2-4-3-5(6(7)9)10-8-4/h3H,2H2,1H3,(H2,7,9). The molecule has 1 aromatic rings. The lowest BCUT2D eigenvalue weighted by Crippen LogP contribution is -2.09. The Hall–Kier alpha value is -1.32. The van der Waals surface area contributed by atoms with Crippen molar-refractivity contribution in [1.29, 1.82) is 0 Å². The molecular weight excluding hydrogens is 132 g/mol. The zero-order valence-electron chi connectivity index (χ0n) is 5.63. The van der Waals surface area contributed by atoms with Crippen molar-refractivity contribution in [3.63, 3.8) is 0 Å². The van der Waals surface area contributed by atoms with E-state index >= 15 is 0 Å². The van der Waals surface area contributed by atoms with Gasteiger partial charge in [0, 0.05) is 6.07 Å². The molecule has 1 aromatic heterocycles. The first-order valence-corrected chi connectivity index (χ1v) is 2.99. The summed E-state index contributed by atoms with van der Waals surface area (Å²) in [5.41, 5.74) is 5.65. The highest BCUT2D eigenvalue weighted by Crippen LogP contribution is 2.01. The predicted octanol–water partition coefficient (Wildman–Crippen LogP) is 0.336. The van der Waals surface area contributed by atoms with Gasteiger partial charge in [-0.15, -0.1) is 0 Å². The number of aryl methyl sites for hydroxylation is 1. The summed E-state index contributed by atoms with van der Waals surface area (Å²) in [6.07, 6.45) is 0.747. The smallest absolute Gasteiger partial charge is 0.287 e. The molecule has 1 rings (SSSR count). The molecular formula is C6H8N2O2. The number of aromatic nitrogens is 1. The number of nitrogens with zero attached hydrogens (tertiary/aromatic N) is 1. The number of carbonyl (C=O) groups excluding carboxylic acids is 1. The van der Waals surface area contributed by atoms with Crippen molar-refractivity contribution >= 4 is 5.91 Å². The molecule has 0 spiro atoms. The highest BCUT2D eigenvalue weighted by Gasteiger charge is 2.06. The highest BCUT2D eigenvalue weighted by atomic mass is 16.5. The Kier molecular flexibility index (Phi) is 1.71. The first-order chi connectivity index (χ1) is 4.74. The van der Waals surface area contributed by atoms with E-state index in [9.17, 15) is 4.79 Å². The van der Waals surface area contributed by atoms with Gasteiger partial charge >= 0.3 is 0 Å². The molecule has 10 heavy (non-hydrogen) atoms. The van der Waals surface area contributed by atoms with Crippen LogP contribution in [0.4, 0.5) is 0 Å². The van der Waals surface area contributed by atoms with E-state index in [1.54, 1.807) is 6.07 Å². The number of primary amides is 1. The van der Waals surface area contributed by atoms with E-state index in [4.69, 9.17) is 5.73 Å². The zero-order chi connectivity index (χ0) is 7.56. The monoisotopic (exact) mass is 140 g/mol. The molecule has 4 heteroatoms. The van der Waals surface area contributed by atoms with Gasteiger partial charge in [0.05, 0.1) is 5.69 Å². The van der Waals surface area contributed by atoms with Crippen LogP contribution in [-0.2, 0) is 6.42 Å². The third kappa shape index (κ3) is 1.15. The average Bonchev–Trinajstić information content (AvgIpc) is 2.34. The van der Waals surface area contributed by atoms with E-state index in [-0.39, 0.29) is 5.76 Å². The second-order valence-corrected chi connectivity index (χ2v) is 1.90. The largest absolute Gasteiger partial charge is 0.363 e. The van der Waals surface area contributed by atoms with E-state index in [2.05, 4.69) is 9.68 Å². The Morgan fingerprint density at radius 3 is 2.90 bits per heavy atom. The normalized spacial score (nSPS) is 9.70. The zero-order valence-corrected chi connectivity index (χ0v) is 5.63. The van der Waals surface area contributed by atoms with Crippen LogP contribution in [0.15, 0.2) is 10.6 Å². The summed E-state index contributed by atoms with van der Waals surface area (Å²) >= 11 is 0. The minimum Gasteiger partial charge on any atom is -0.363 e. The molecule has 0 aromatic carbocycles. The van der Waals surface area contributed by atoms with Crippen molar-refractivity contribution in [3.05, 3.63) is 17.5 Å². The lowest BCUT2D eigenvalue weighted by molar-refractivity contribution is 0.0965. The maximum absolute atomic E-state index is 10.4. The summed E-state index contributed by atoms with van der Waals surface area (Å²) in [5.74, 6) is -0.455. The van der Waals surface area contributed by atoms with Crippen molar-refractivity contribution in [2.45, 2.75) is 13.3 Å². The summed E-state index contributed by atoms with van der Waals surface area (Å²) in [5, 5.41) is 3.58. The van der Waals surface area contributed by atoms with E-state index in [1.807, 2.05) is 6.92 Å². The van der Waals surface area contributed by atoms with Crippen molar-refractivity contribution < 1.29 is 9.32 Å². The van der Waals surface area contributed by atoms with Crippen LogP contribution in [0, 0.1) is 0 Å². The molecule has 4 nitrogen and oxygen atoms in total. The molecule has 0 saturated carbocycles. The predicted molar refractivity (Wildman–Crippen MR) is 34.4 cm³/mol. The van der Waals surface area contributed by atoms with Crippen LogP contribution in [0.5, 0.6) is 0 Å². The van der Waals surface area contributed by atoms with Crippen LogP contribution in [0.3, 0.4) is 0 Å². The lowest BCUT2D eigenvalue weighted by atomic mass is 10.3. The Morgan fingerprint density at radius 2 is 2.60 bits per heavy atom. The molecule has 0 aliphatic carbocycles. The summed E-state index contributed by atoms with van der Waals surface area (Å²) < 4.78 is 4.59. The van der Waals surface area contributed by atoms with E-state index in [0.29, 0.717) is 0 Å². The van der Waals surface area contributed by atoms with Crippen LogP contribution in [0.2, 0.25) is 0 Å². The van der Waals surface area contributed by atoms with Gasteiger partial charge in [-0.1, -0.05) is 12.1 Å². The van der Waals surface area contributed by atoms with E-state index < -0.39 is 5.91 Å². The Balaban J connectivity index is 2.88.